The Kier molecular flexibility index (Phi) is 3.60. The van der Waals surface area contributed by atoms with Crippen LogP contribution in [0.15, 0.2) is 22.7 Å². The van der Waals surface area contributed by atoms with E-state index < -0.39 is 17.8 Å². The van der Waals surface area contributed by atoms with Gasteiger partial charge in [0.2, 0.25) is 0 Å². The third kappa shape index (κ3) is 2.74. The number of alkyl halides is 3. The largest absolute Gasteiger partial charge is 0.417 e. The van der Waals surface area contributed by atoms with Crippen molar-refractivity contribution >= 4 is 21.6 Å². The van der Waals surface area contributed by atoms with Crippen LogP contribution in [0.4, 0.5) is 18.9 Å². The number of nitrogens with one attached hydrogen (secondary N) is 1. The summed E-state index contributed by atoms with van der Waals surface area (Å²) >= 11 is 2.91. The topological polar surface area (TPSA) is 32.3 Å². The summed E-state index contributed by atoms with van der Waals surface area (Å²) in [7, 11) is 0. The Bertz CT molecular complexity index is 487. The summed E-state index contributed by atoms with van der Waals surface area (Å²) in [6, 6.07) is 4.04. The van der Waals surface area contributed by atoms with Crippen LogP contribution in [0.3, 0.4) is 0 Å². The minimum absolute atomic E-state index is 0.0234. The Balaban J connectivity index is 2.19. The van der Waals surface area contributed by atoms with Gasteiger partial charge in [0.15, 0.2) is 0 Å². The van der Waals surface area contributed by atoms with Crippen LogP contribution in [0, 0.1) is 5.41 Å². The van der Waals surface area contributed by atoms with E-state index in [0.29, 0.717) is 12.1 Å². The summed E-state index contributed by atoms with van der Waals surface area (Å²) in [5, 5.41) is 12.7. The first kappa shape index (κ1) is 14.7. The minimum Gasteiger partial charge on any atom is -0.392 e. The Morgan fingerprint density at radius 1 is 1.37 bits per heavy atom. The van der Waals surface area contributed by atoms with Gasteiger partial charge in [-0.2, -0.15) is 13.2 Å². The van der Waals surface area contributed by atoms with E-state index in [9.17, 15) is 18.3 Å². The number of aliphatic hydroxyl groups excluding tert-OH is 1. The second-order valence-electron chi connectivity index (χ2n) is 5.46. The summed E-state index contributed by atoms with van der Waals surface area (Å²) in [6.07, 6.45) is -4.25. The molecule has 1 aliphatic carbocycles. The number of halogens is 4. The molecule has 1 aliphatic rings. The van der Waals surface area contributed by atoms with Crippen molar-refractivity contribution in [3.05, 3.63) is 28.2 Å². The van der Waals surface area contributed by atoms with Crippen molar-refractivity contribution in [1.82, 2.24) is 0 Å². The molecule has 0 radical (unpaired) electrons. The molecule has 2 rings (SSSR count). The molecule has 0 amide bonds. The molecule has 0 bridgehead atoms. The molecule has 2 unspecified atom stereocenters. The van der Waals surface area contributed by atoms with Gasteiger partial charge in [0.05, 0.1) is 11.7 Å². The first-order valence-corrected chi connectivity index (χ1v) is 6.73. The monoisotopic (exact) mass is 337 g/mol. The fraction of sp³-hybridized carbons (Fsp3) is 0.538. The molecule has 0 spiro atoms. The van der Waals surface area contributed by atoms with E-state index in [2.05, 4.69) is 21.2 Å². The van der Waals surface area contributed by atoms with Gasteiger partial charge < -0.3 is 10.4 Å². The molecule has 1 fully saturated rings. The average molecular weight is 338 g/mol. The number of hydrogen-bond acceptors (Lipinski definition) is 2. The number of rotatable bonds is 2. The number of benzene rings is 1. The highest BCUT2D eigenvalue weighted by Gasteiger charge is 2.47. The highest BCUT2D eigenvalue weighted by atomic mass is 79.9. The molecular formula is C13H15BrF3NO. The zero-order valence-corrected chi connectivity index (χ0v) is 12.1. The number of aliphatic hydroxyl groups is 1. The lowest BCUT2D eigenvalue weighted by Crippen LogP contribution is -2.56. The van der Waals surface area contributed by atoms with E-state index in [1.165, 1.54) is 6.07 Å². The van der Waals surface area contributed by atoms with Crippen molar-refractivity contribution in [1.29, 1.82) is 0 Å². The fourth-order valence-corrected chi connectivity index (χ4v) is 2.65. The first-order chi connectivity index (χ1) is 8.62. The Labute approximate surface area is 118 Å². The quantitative estimate of drug-likeness (QED) is 0.853. The average Bonchev–Trinajstić information content (AvgIpc) is 2.29. The molecule has 0 saturated heterocycles. The molecule has 0 aliphatic heterocycles. The molecule has 1 aromatic rings. The molecule has 106 valence electrons. The maximum Gasteiger partial charge on any atom is 0.417 e. The molecule has 1 saturated carbocycles. The van der Waals surface area contributed by atoms with Crippen LogP contribution in [-0.2, 0) is 6.18 Å². The zero-order valence-electron chi connectivity index (χ0n) is 10.6. The molecule has 2 N–H and O–H groups in total. The van der Waals surface area contributed by atoms with Gasteiger partial charge in [0.25, 0.3) is 0 Å². The summed E-state index contributed by atoms with van der Waals surface area (Å²) in [6.45, 7) is 3.78. The van der Waals surface area contributed by atoms with Crippen LogP contribution < -0.4 is 5.32 Å². The lowest BCUT2D eigenvalue weighted by molar-refractivity contribution is -0.138. The lowest BCUT2D eigenvalue weighted by Gasteiger charge is -2.49. The Morgan fingerprint density at radius 2 is 2.00 bits per heavy atom. The number of anilines is 1. The molecular weight excluding hydrogens is 323 g/mol. The van der Waals surface area contributed by atoms with E-state index >= 15 is 0 Å². The van der Waals surface area contributed by atoms with Crippen LogP contribution in [0.5, 0.6) is 0 Å². The van der Waals surface area contributed by atoms with E-state index in [-0.39, 0.29) is 15.9 Å². The maximum atomic E-state index is 12.8. The van der Waals surface area contributed by atoms with Gasteiger partial charge in [0, 0.05) is 21.6 Å². The standard InChI is InChI=1S/C13H15BrF3NO/c1-12(2)10(6-11(12)19)18-7-3-4-9(14)8(5-7)13(15,16)17/h3-5,10-11,18-19H,6H2,1-2H3. The van der Waals surface area contributed by atoms with Crippen molar-refractivity contribution in [2.75, 3.05) is 5.32 Å². The highest BCUT2D eigenvalue weighted by Crippen LogP contribution is 2.43. The minimum atomic E-state index is -4.38. The maximum absolute atomic E-state index is 12.8. The first-order valence-electron chi connectivity index (χ1n) is 5.93. The van der Waals surface area contributed by atoms with Crippen molar-refractivity contribution in [2.24, 2.45) is 5.41 Å². The van der Waals surface area contributed by atoms with Gasteiger partial charge in [-0.05, 0) is 24.6 Å². The molecule has 2 nitrogen and oxygen atoms in total. The molecule has 19 heavy (non-hydrogen) atoms. The van der Waals surface area contributed by atoms with Crippen molar-refractivity contribution in [3.63, 3.8) is 0 Å². The zero-order chi connectivity index (χ0) is 14.4. The predicted molar refractivity (Wildman–Crippen MR) is 71.0 cm³/mol. The molecule has 2 atom stereocenters. The molecule has 6 heteroatoms. The molecule has 0 aromatic heterocycles. The van der Waals surface area contributed by atoms with E-state index in [0.717, 1.165) is 6.07 Å². The summed E-state index contributed by atoms with van der Waals surface area (Å²) in [5.41, 5.74) is -0.610. The second-order valence-corrected chi connectivity index (χ2v) is 6.32. The van der Waals surface area contributed by atoms with Gasteiger partial charge in [-0.1, -0.05) is 29.8 Å². The van der Waals surface area contributed by atoms with Gasteiger partial charge in [-0.3, -0.25) is 0 Å². The molecule has 0 heterocycles. The SMILES string of the molecule is CC1(C)C(O)CC1Nc1ccc(Br)c(C(F)(F)F)c1. The summed E-state index contributed by atoms with van der Waals surface area (Å²) in [4.78, 5) is 0. The molecule has 1 aromatic carbocycles. The van der Waals surface area contributed by atoms with E-state index in [4.69, 9.17) is 0 Å². The third-order valence-electron chi connectivity index (χ3n) is 3.83. The van der Waals surface area contributed by atoms with Gasteiger partial charge in [0.1, 0.15) is 0 Å². The third-order valence-corrected chi connectivity index (χ3v) is 4.52. The van der Waals surface area contributed by atoms with Crippen LogP contribution in [0.2, 0.25) is 0 Å². The van der Waals surface area contributed by atoms with Gasteiger partial charge in [-0.15, -0.1) is 0 Å². The second kappa shape index (κ2) is 4.66. The van der Waals surface area contributed by atoms with Crippen molar-refractivity contribution < 1.29 is 18.3 Å². The Hall–Kier alpha value is -0.750. The van der Waals surface area contributed by atoms with Crippen LogP contribution in [0.1, 0.15) is 25.8 Å². The lowest BCUT2D eigenvalue weighted by atomic mass is 9.64. The summed E-state index contributed by atoms with van der Waals surface area (Å²) in [5.74, 6) is 0. The predicted octanol–water partition coefficient (Wildman–Crippen LogP) is 4.04. The smallest absolute Gasteiger partial charge is 0.392 e. The van der Waals surface area contributed by atoms with Crippen LogP contribution in [-0.4, -0.2) is 17.3 Å². The normalized spacial score (nSPS) is 25.8. The van der Waals surface area contributed by atoms with Crippen molar-refractivity contribution in [2.45, 2.75) is 38.6 Å². The van der Waals surface area contributed by atoms with Gasteiger partial charge in [-0.25, -0.2) is 0 Å². The fourth-order valence-electron chi connectivity index (χ4n) is 2.18. The van der Waals surface area contributed by atoms with E-state index in [1.54, 1.807) is 6.07 Å². The highest BCUT2D eigenvalue weighted by molar-refractivity contribution is 9.10. The van der Waals surface area contributed by atoms with Crippen LogP contribution >= 0.6 is 15.9 Å². The van der Waals surface area contributed by atoms with E-state index in [1.807, 2.05) is 13.8 Å². The van der Waals surface area contributed by atoms with Gasteiger partial charge >= 0.3 is 6.18 Å². The van der Waals surface area contributed by atoms with Crippen LogP contribution in [0.25, 0.3) is 0 Å². The Morgan fingerprint density at radius 3 is 2.47 bits per heavy atom. The summed E-state index contributed by atoms with van der Waals surface area (Å²) < 4.78 is 38.4. The van der Waals surface area contributed by atoms with Crippen molar-refractivity contribution in [3.8, 4) is 0 Å². The number of hydrogen-bond donors (Lipinski definition) is 2.